The molecule has 136 valence electrons. The number of benzene rings is 1. The molecule has 0 bridgehead atoms. The summed E-state index contributed by atoms with van der Waals surface area (Å²) < 4.78 is 6.00. The van der Waals surface area contributed by atoms with E-state index in [2.05, 4.69) is 19.9 Å². The van der Waals surface area contributed by atoms with Crippen LogP contribution in [0.5, 0.6) is 5.88 Å². The minimum absolute atomic E-state index is 0.111. The zero-order valence-electron chi connectivity index (χ0n) is 14.5. The summed E-state index contributed by atoms with van der Waals surface area (Å²) in [5.74, 6) is 0.376. The lowest BCUT2D eigenvalue weighted by Gasteiger charge is -2.26. The summed E-state index contributed by atoms with van der Waals surface area (Å²) in [5, 5.41) is 0.642. The minimum Gasteiger partial charge on any atom is -0.473 e. The molecule has 0 atom stereocenters. The fraction of sp³-hybridized carbons (Fsp3) is 0.250. The first kappa shape index (κ1) is 17.5. The summed E-state index contributed by atoms with van der Waals surface area (Å²) in [4.78, 5) is 29.3. The van der Waals surface area contributed by atoms with Crippen molar-refractivity contribution < 1.29 is 9.53 Å². The van der Waals surface area contributed by atoms with Crippen molar-refractivity contribution in [1.82, 2.24) is 19.9 Å². The third-order valence-electron chi connectivity index (χ3n) is 4.46. The monoisotopic (exact) mass is 380 g/mol. The third-order valence-corrected chi connectivity index (χ3v) is 4.71. The minimum atomic E-state index is -0.111. The molecule has 6 nitrogen and oxygen atoms in total. The average molecular weight is 381 g/mol. The Kier molecular flexibility index (Phi) is 5.07. The summed E-state index contributed by atoms with van der Waals surface area (Å²) in [7, 11) is 0. The fourth-order valence-electron chi connectivity index (χ4n) is 2.74. The van der Waals surface area contributed by atoms with E-state index in [0.29, 0.717) is 27.9 Å². The maximum atomic E-state index is 12.4. The lowest BCUT2D eigenvalue weighted by molar-refractivity contribution is 0.0990. The van der Waals surface area contributed by atoms with Gasteiger partial charge in [-0.25, -0.2) is 19.9 Å². The highest BCUT2D eigenvalue weighted by atomic mass is 35.5. The molecule has 4 rings (SSSR count). The normalized spacial score (nSPS) is 13.8. The number of nitrogens with zero attached hydrogens (tertiary/aromatic N) is 4. The van der Waals surface area contributed by atoms with Gasteiger partial charge in [-0.2, -0.15) is 0 Å². The molecule has 3 aromatic rings. The van der Waals surface area contributed by atoms with Crippen molar-refractivity contribution in [2.75, 3.05) is 0 Å². The van der Waals surface area contributed by atoms with Crippen LogP contribution in [0, 0.1) is 0 Å². The molecule has 1 fully saturated rings. The quantitative estimate of drug-likeness (QED) is 0.602. The van der Waals surface area contributed by atoms with E-state index in [4.69, 9.17) is 16.3 Å². The highest BCUT2D eigenvalue weighted by Crippen LogP contribution is 2.31. The summed E-state index contributed by atoms with van der Waals surface area (Å²) in [6.07, 6.45) is 9.49. The van der Waals surface area contributed by atoms with Crippen LogP contribution in [-0.2, 0) is 6.42 Å². The van der Waals surface area contributed by atoms with Crippen molar-refractivity contribution in [3.05, 3.63) is 65.5 Å². The molecule has 2 aromatic heterocycles. The Morgan fingerprint density at radius 1 is 1.11 bits per heavy atom. The van der Waals surface area contributed by atoms with E-state index >= 15 is 0 Å². The Morgan fingerprint density at radius 2 is 1.85 bits per heavy atom. The summed E-state index contributed by atoms with van der Waals surface area (Å²) in [6.45, 7) is 0. The van der Waals surface area contributed by atoms with Gasteiger partial charge in [0.1, 0.15) is 18.1 Å². The van der Waals surface area contributed by atoms with Crippen LogP contribution in [-0.4, -0.2) is 31.8 Å². The molecule has 1 saturated carbocycles. The molecule has 27 heavy (non-hydrogen) atoms. The number of halogens is 1. The lowest BCUT2D eigenvalue weighted by atomic mass is 9.96. The van der Waals surface area contributed by atoms with Crippen molar-refractivity contribution in [2.24, 2.45) is 0 Å². The van der Waals surface area contributed by atoms with Crippen molar-refractivity contribution in [3.8, 4) is 17.1 Å². The van der Waals surface area contributed by atoms with E-state index in [1.807, 2.05) is 12.1 Å². The predicted octanol–water partition coefficient (Wildman–Crippen LogP) is 3.94. The maximum absolute atomic E-state index is 12.4. The Labute approximate surface area is 161 Å². The number of ketones is 1. The van der Waals surface area contributed by atoms with Crippen molar-refractivity contribution in [3.63, 3.8) is 0 Å². The number of hydrogen-bond donors (Lipinski definition) is 0. The Bertz CT molecular complexity index is 944. The summed E-state index contributed by atoms with van der Waals surface area (Å²) >= 11 is 6.00. The van der Waals surface area contributed by atoms with E-state index in [1.54, 1.807) is 18.3 Å². The number of Topliss-reactive ketones (excluding diaryl/α,β-unsaturated/α-hetero) is 1. The van der Waals surface area contributed by atoms with Gasteiger partial charge in [0, 0.05) is 23.0 Å². The molecule has 1 aliphatic carbocycles. The smallest absolute Gasteiger partial charge is 0.240 e. The Balaban J connectivity index is 1.64. The van der Waals surface area contributed by atoms with E-state index in [1.165, 1.54) is 25.1 Å². The molecule has 0 N–H and O–H groups in total. The van der Waals surface area contributed by atoms with Gasteiger partial charge in [0.15, 0.2) is 5.78 Å². The number of aromatic nitrogens is 4. The largest absolute Gasteiger partial charge is 0.473 e. The van der Waals surface area contributed by atoms with Gasteiger partial charge in [0.25, 0.3) is 0 Å². The zero-order chi connectivity index (χ0) is 18.6. The molecule has 7 heteroatoms. The van der Waals surface area contributed by atoms with Crippen LogP contribution in [0.1, 0.15) is 35.3 Å². The van der Waals surface area contributed by atoms with Gasteiger partial charge >= 0.3 is 0 Å². The van der Waals surface area contributed by atoms with E-state index in [9.17, 15) is 4.79 Å². The summed E-state index contributed by atoms with van der Waals surface area (Å²) in [5.41, 5.74) is 2.48. The van der Waals surface area contributed by atoms with Crippen LogP contribution in [0.15, 0.2) is 49.2 Å². The van der Waals surface area contributed by atoms with Crippen molar-refractivity contribution >= 4 is 17.4 Å². The molecule has 0 aliphatic heterocycles. The predicted molar refractivity (Wildman–Crippen MR) is 101 cm³/mol. The highest BCUT2D eigenvalue weighted by molar-refractivity contribution is 6.30. The zero-order valence-corrected chi connectivity index (χ0v) is 15.3. The molecule has 0 amide bonds. The fourth-order valence-corrected chi connectivity index (χ4v) is 2.86. The molecule has 0 spiro atoms. The van der Waals surface area contributed by atoms with E-state index in [-0.39, 0.29) is 18.3 Å². The van der Waals surface area contributed by atoms with Crippen LogP contribution in [0.25, 0.3) is 11.3 Å². The first-order chi connectivity index (χ1) is 13.2. The number of carbonyl (C=O) groups excluding carboxylic acids is 1. The number of ether oxygens (including phenoxy) is 1. The van der Waals surface area contributed by atoms with Crippen LogP contribution in [0.3, 0.4) is 0 Å². The molecule has 0 unspecified atom stereocenters. The SMILES string of the molecule is O=C(Cc1cnc(OC2CCC2)c(-c2ccc(Cl)cc2)n1)c1cncnc1. The van der Waals surface area contributed by atoms with Gasteiger partial charge in [-0.05, 0) is 31.4 Å². The van der Waals surface area contributed by atoms with Gasteiger partial charge in [-0.15, -0.1) is 0 Å². The van der Waals surface area contributed by atoms with Gasteiger partial charge in [-0.1, -0.05) is 23.7 Å². The van der Waals surface area contributed by atoms with Crippen molar-refractivity contribution in [1.29, 1.82) is 0 Å². The maximum Gasteiger partial charge on any atom is 0.240 e. The highest BCUT2D eigenvalue weighted by Gasteiger charge is 2.23. The standard InChI is InChI=1S/C20H17ClN4O2/c21-15-6-4-13(5-7-15)19-20(27-17-2-1-3-17)24-11-16(25-19)8-18(26)14-9-22-12-23-10-14/h4-7,9-12,17H,1-3,8H2. The second-order valence-electron chi connectivity index (χ2n) is 6.42. The topological polar surface area (TPSA) is 77.9 Å². The average Bonchev–Trinajstić information content (AvgIpc) is 2.67. The van der Waals surface area contributed by atoms with Gasteiger partial charge in [0.2, 0.25) is 5.88 Å². The van der Waals surface area contributed by atoms with E-state index < -0.39 is 0 Å². The lowest BCUT2D eigenvalue weighted by Crippen LogP contribution is -2.25. The molecule has 0 radical (unpaired) electrons. The molecular weight excluding hydrogens is 364 g/mol. The Morgan fingerprint density at radius 3 is 2.52 bits per heavy atom. The third kappa shape index (κ3) is 4.11. The number of rotatable bonds is 6. The van der Waals surface area contributed by atoms with Crippen LogP contribution in [0.2, 0.25) is 5.02 Å². The second-order valence-corrected chi connectivity index (χ2v) is 6.86. The molecule has 1 aliphatic rings. The van der Waals surface area contributed by atoms with Crippen molar-refractivity contribution in [2.45, 2.75) is 31.8 Å². The van der Waals surface area contributed by atoms with E-state index in [0.717, 1.165) is 18.4 Å². The summed E-state index contributed by atoms with van der Waals surface area (Å²) in [6, 6.07) is 7.34. The Hall–Kier alpha value is -2.86. The van der Waals surface area contributed by atoms with Crippen LogP contribution < -0.4 is 4.74 Å². The molecule has 1 aromatic carbocycles. The number of carbonyl (C=O) groups is 1. The van der Waals surface area contributed by atoms with Gasteiger partial charge in [-0.3, -0.25) is 4.79 Å². The second kappa shape index (κ2) is 7.80. The first-order valence-corrected chi connectivity index (χ1v) is 9.13. The van der Waals surface area contributed by atoms with Crippen LogP contribution in [0.4, 0.5) is 0 Å². The van der Waals surface area contributed by atoms with Gasteiger partial charge in [0.05, 0.1) is 23.9 Å². The molecule has 0 saturated heterocycles. The van der Waals surface area contributed by atoms with Gasteiger partial charge < -0.3 is 4.74 Å². The first-order valence-electron chi connectivity index (χ1n) is 8.76. The van der Waals surface area contributed by atoms with Crippen LogP contribution >= 0.6 is 11.6 Å². The molecule has 2 heterocycles. The number of hydrogen-bond acceptors (Lipinski definition) is 6. The molecular formula is C20H17ClN4O2.